The van der Waals surface area contributed by atoms with E-state index in [4.69, 9.17) is 17.5 Å². The minimum absolute atomic E-state index is 0. The second-order valence-electron chi connectivity index (χ2n) is 2.04. The minimum Gasteiger partial charge on any atom is -1.00 e. The first-order valence-corrected chi connectivity index (χ1v) is 4.59. The number of hydrogen-bond acceptors (Lipinski definition) is 4. The van der Waals surface area contributed by atoms with Gasteiger partial charge in [0.05, 0.1) is 4.92 Å². The predicted molar refractivity (Wildman–Crippen MR) is 48.4 cm³/mol. The van der Waals surface area contributed by atoms with Crippen molar-refractivity contribution >= 4 is 16.1 Å². The Hall–Kier alpha value is -0.510. The smallest absolute Gasteiger partial charge is 1.00 e. The number of non-ortho nitro benzene ring substituents is 1. The van der Waals surface area contributed by atoms with Crippen LogP contribution in [0.5, 0.6) is 0 Å². The van der Waals surface area contributed by atoms with Crippen LogP contribution in [-0.2, 0) is 10.4 Å². The van der Waals surface area contributed by atoms with Crippen LogP contribution in [0.2, 0.25) is 0 Å². The monoisotopic (exact) mass is 245 g/mol. The van der Waals surface area contributed by atoms with E-state index < -0.39 is 15.3 Å². The Morgan fingerprint density at radius 1 is 1.20 bits per heavy atom. The zero-order valence-corrected chi connectivity index (χ0v) is 10.6. The molecule has 15 heavy (non-hydrogen) atoms. The number of para-hydroxylation sites is 1. The van der Waals surface area contributed by atoms with E-state index >= 15 is 0 Å². The van der Waals surface area contributed by atoms with Crippen LogP contribution in [0.1, 0.15) is 1.43 Å². The van der Waals surface area contributed by atoms with Crippen LogP contribution >= 0.6 is 0 Å². The second kappa shape index (κ2) is 7.74. The van der Waals surface area contributed by atoms with E-state index in [1.165, 1.54) is 12.1 Å². The third kappa shape index (κ3) is 13.5. The van der Waals surface area contributed by atoms with Crippen LogP contribution in [0.25, 0.3) is 0 Å². The van der Waals surface area contributed by atoms with Gasteiger partial charge in [0.25, 0.3) is 5.69 Å². The molecule has 0 amide bonds. The number of nitro benzene ring substituents is 1. The molecule has 7 nitrogen and oxygen atoms in total. The summed E-state index contributed by atoms with van der Waals surface area (Å²) >= 11 is 0. The van der Waals surface area contributed by atoms with Crippen molar-refractivity contribution in [1.82, 2.24) is 0 Å². The van der Waals surface area contributed by atoms with Crippen molar-refractivity contribution in [3.8, 4) is 0 Å². The van der Waals surface area contributed by atoms with Crippen molar-refractivity contribution in [2.24, 2.45) is 0 Å². The van der Waals surface area contributed by atoms with Crippen LogP contribution in [0.4, 0.5) is 5.69 Å². The van der Waals surface area contributed by atoms with Gasteiger partial charge in [-0.2, -0.15) is 8.42 Å². The van der Waals surface area contributed by atoms with Crippen molar-refractivity contribution in [3.05, 3.63) is 40.4 Å². The molecule has 0 aliphatic rings. The molecule has 2 N–H and O–H groups in total. The molecule has 0 saturated heterocycles. The standard InChI is InChI=1S/C6H5NO2.Na.H2O4S.H/c8-7(9)6-4-2-1-3-5-6;;1-5(2,3)4;/h1-5H;;(H2,1,2,3,4);/q;+1;;-1. The fourth-order valence-electron chi connectivity index (χ4n) is 0.550. The van der Waals surface area contributed by atoms with Gasteiger partial charge in [-0.05, 0) is 0 Å². The molecular formula is C6H8NNaO6S. The summed E-state index contributed by atoms with van der Waals surface area (Å²) in [6, 6.07) is 7.93. The number of nitrogens with zero attached hydrogens (tertiary/aromatic N) is 1. The van der Waals surface area contributed by atoms with Crippen LogP contribution in [0.3, 0.4) is 0 Å². The Kier molecular flexibility index (Phi) is 8.72. The predicted octanol–water partition coefficient (Wildman–Crippen LogP) is -1.94. The maximum Gasteiger partial charge on any atom is 1.00 e. The summed E-state index contributed by atoms with van der Waals surface area (Å²) in [6.45, 7) is 0. The maximum absolute atomic E-state index is 10.0. The normalized spacial score (nSPS) is 9.20. The van der Waals surface area contributed by atoms with Gasteiger partial charge in [0.15, 0.2) is 0 Å². The van der Waals surface area contributed by atoms with Gasteiger partial charge in [0.2, 0.25) is 0 Å². The van der Waals surface area contributed by atoms with E-state index in [1.807, 2.05) is 0 Å². The fourth-order valence-corrected chi connectivity index (χ4v) is 0.550. The zero-order valence-electron chi connectivity index (χ0n) is 8.77. The van der Waals surface area contributed by atoms with E-state index in [1.54, 1.807) is 18.2 Å². The molecule has 1 aromatic rings. The SMILES string of the molecule is O=S(=O)(O)O.O=[N+]([O-])c1ccccc1.[H-].[Na+]. The van der Waals surface area contributed by atoms with Crippen LogP contribution in [-0.4, -0.2) is 22.4 Å². The summed E-state index contributed by atoms with van der Waals surface area (Å²) in [7, 11) is -4.67. The largest absolute Gasteiger partial charge is 1.00 e. The quantitative estimate of drug-likeness (QED) is 0.257. The summed E-state index contributed by atoms with van der Waals surface area (Å²) < 4.78 is 31.6. The fraction of sp³-hybridized carbons (Fsp3) is 0. The molecule has 0 spiro atoms. The molecule has 0 aliphatic heterocycles. The summed E-state index contributed by atoms with van der Waals surface area (Å²) in [5.41, 5.74) is 0.137. The average Bonchev–Trinajstić information content (AvgIpc) is 2.03. The van der Waals surface area contributed by atoms with Crippen LogP contribution in [0, 0.1) is 10.1 Å². The van der Waals surface area contributed by atoms with Gasteiger partial charge < -0.3 is 1.43 Å². The number of nitro groups is 1. The Balaban J connectivity index is -0.000000214. The minimum atomic E-state index is -4.67. The molecule has 0 saturated carbocycles. The third-order valence-electron chi connectivity index (χ3n) is 0.967. The Bertz CT molecular complexity index is 389. The average molecular weight is 245 g/mol. The topological polar surface area (TPSA) is 118 Å². The molecule has 0 aliphatic carbocycles. The van der Waals surface area contributed by atoms with Crippen molar-refractivity contribution in [2.45, 2.75) is 0 Å². The molecule has 9 heteroatoms. The number of rotatable bonds is 1. The summed E-state index contributed by atoms with van der Waals surface area (Å²) in [4.78, 5) is 9.59. The molecule has 0 bridgehead atoms. The molecule has 0 heterocycles. The molecule has 0 unspecified atom stereocenters. The van der Waals surface area contributed by atoms with E-state index in [2.05, 4.69) is 0 Å². The van der Waals surface area contributed by atoms with Crippen molar-refractivity contribution in [2.75, 3.05) is 0 Å². The van der Waals surface area contributed by atoms with E-state index in [9.17, 15) is 10.1 Å². The van der Waals surface area contributed by atoms with Gasteiger partial charge in [-0.25, -0.2) is 0 Å². The first-order valence-electron chi connectivity index (χ1n) is 3.20. The molecular weight excluding hydrogens is 237 g/mol. The third-order valence-corrected chi connectivity index (χ3v) is 0.967. The molecule has 1 rings (SSSR count). The molecule has 0 atom stereocenters. The first kappa shape index (κ1) is 16.9. The Labute approximate surface area is 110 Å². The Morgan fingerprint density at radius 2 is 1.53 bits per heavy atom. The molecule has 0 fully saturated rings. The van der Waals surface area contributed by atoms with E-state index in [0.717, 1.165) is 0 Å². The first-order chi connectivity index (χ1) is 6.30. The summed E-state index contributed by atoms with van der Waals surface area (Å²) in [5.74, 6) is 0. The van der Waals surface area contributed by atoms with Crippen LogP contribution < -0.4 is 29.6 Å². The van der Waals surface area contributed by atoms with Gasteiger partial charge >= 0.3 is 40.0 Å². The maximum atomic E-state index is 10.0. The van der Waals surface area contributed by atoms with Gasteiger partial charge in [-0.15, -0.1) is 0 Å². The van der Waals surface area contributed by atoms with Crippen molar-refractivity contribution in [1.29, 1.82) is 0 Å². The molecule has 1 aromatic carbocycles. The zero-order chi connectivity index (χ0) is 11.2. The summed E-state index contributed by atoms with van der Waals surface area (Å²) in [5, 5.41) is 10.0. The van der Waals surface area contributed by atoms with Crippen molar-refractivity contribution in [3.63, 3.8) is 0 Å². The van der Waals surface area contributed by atoms with Gasteiger partial charge in [-0.1, -0.05) is 18.2 Å². The molecule has 0 aromatic heterocycles. The van der Waals surface area contributed by atoms with E-state index in [-0.39, 0.29) is 36.7 Å². The van der Waals surface area contributed by atoms with Gasteiger partial charge in [0, 0.05) is 12.1 Å². The Morgan fingerprint density at radius 3 is 1.73 bits per heavy atom. The number of benzene rings is 1. The summed E-state index contributed by atoms with van der Waals surface area (Å²) in [6.07, 6.45) is 0. The second-order valence-corrected chi connectivity index (χ2v) is 2.94. The molecule has 0 radical (unpaired) electrons. The van der Waals surface area contributed by atoms with Gasteiger partial charge in [0.1, 0.15) is 0 Å². The van der Waals surface area contributed by atoms with Crippen LogP contribution in [0.15, 0.2) is 30.3 Å². The van der Waals surface area contributed by atoms with Crippen molar-refractivity contribution < 1.29 is 53.4 Å². The number of hydrogen-bond donors (Lipinski definition) is 2. The molecule has 80 valence electrons. The van der Waals surface area contributed by atoms with E-state index in [0.29, 0.717) is 0 Å². The van der Waals surface area contributed by atoms with Gasteiger partial charge in [-0.3, -0.25) is 19.2 Å².